The fraction of sp³-hybridized carbons (Fsp3) is 0.115. The van der Waals surface area contributed by atoms with Gasteiger partial charge >= 0.3 is 12.1 Å². The molecule has 2 nitrogen and oxygen atoms in total. The van der Waals surface area contributed by atoms with Crippen LogP contribution in [0.4, 0.5) is 13.2 Å². The SMILES string of the molecule is C#CC(C)(OC(=O)c1cccc(-[s+]2ccc3ccccc32)c1)c1ccc(C(F)(F)F)cc1. The van der Waals surface area contributed by atoms with Crippen LogP contribution in [0, 0.1) is 12.3 Å². The van der Waals surface area contributed by atoms with Gasteiger partial charge in [-0.1, -0.05) is 36.3 Å². The van der Waals surface area contributed by atoms with Gasteiger partial charge in [0.1, 0.15) is 5.38 Å². The second-order valence-corrected chi connectivity index (χ2v) is 9.21. The molecular formula is C26H18F3O2S+. The standard InChI is InChI=1S/C26H18F3O2S/c1-3-25(2,20-11-13-21(14-12-20)26(27,28)29)31-24(30)19-8-6-9-22(17-19)32-16-15-18-7-4-5-10-23(18)32/h1,4-17H,2H3/q+1. The normalized spacial score (nSPS) is 13.9. The summed E-state index contributed by atoms with van der Waals surface area (Å²) in [5.41, 5.74) is -1.71. The number of rotatable bonds is 4. The summed E-state index contributed by atoms with van der Waals surface area (Å²) in [7, 11) is -0.300. The smallest absolute Gasteiger partial charge is 0.416 e. The van der Waals surface area contributed by atoms with Gasteiger partial charge in [-0.3, -0.25) is 0 Å². The Labute approximate surface area is 186 Å². The molecule has 0 spiro atoms. The highest BCUT2D eigenvalue weighted by Gasteiger charge is 2.33. The van der Waals surface area contributed by atoms with Crippen LogP contribution in [0.1, 0.15) is 28.4 Å². The molecule has 160 valence electrons. The highest BCUT2D eigenvalue weighted by atomic mass is 32.2. The molecule has 1 heterocycles. The van der Waals surface area contributed by atoms with E-state index in [4.69, 9.17) is 11.2 Å². The van der Waals surface area contributed by atoms with Crippen molar-refractivity contribution in [3.63, 3.8) is 0 Å². The van der Waals surface area contributed by atoms with E-state index in [2.05, 4.69) is 23.4 Å². The van der Waals surface area contributed by atoms with Gasteiger partial charge in [-0.2, -0.15) is 13.2 Å². The molecule has 0 aliphatic heterocycles. The molecule has 3 aromatic carbocycles. The zero-order valence-electron chi connectivity index (χ0n) is 17.0. The van der Waals surface area contributed by atoms with Crippen molar-refractivity contribution in [2.45, 2.75) is 18.7 Å². The average molecular weight is 451 g/mol. The highest BCUT2D eigenvalue weighted by Crippen LogP contribution is 2.40. The van der Waals surface area contributed by atoms with E-state index in [-0.39, 0.29) is 16.0 Å². The Hall–Kier alpha value is -3.56. The molecule has 2 unspecified atom stereocenters. The molecule has 0 aliphatic rings. The van der Waals surface area contributed by atoms with Gasteiger partial charge in [0.2, 0.25) is 0 Å². The maximum Gasteiger partial charge on any atom is 0.416 e. The summed E-state index contributed by atoms with van der Waals surface area (Å²) in [6.45, 7) is 1.48. The van der Waals surface area contributed by atoms with Crippen molar-refractivity contribution < 1.29 is 22.7 Å². The Bertz CT molecular complexity index is 1330. The van der Waals surface area contributed by atoms with Crippen LogP contribution in [0.3, 0.4) is 0 Å². The third kappa shape index (κ3) is 4.12. The molecule has 0 aliphatic carbocycles. The predicted molar refractivity (Wildman–Crippen MR) is 121 cm³/mol. The van der Waals surface area contributed by atoms with Gasteiger partial charge in [0, 0.05) is 33.6 Å². The van der Waals surface area contributed by atoms with E-state index in [9.17, 15) is 18.0 Å². The number of esters is 1. The molecule has 1 aromatic heterocycles. The van der Waals surface area contributed by atoms with E-state index in [1.165, 1.54) is 23.8 Å². The molecule has 2 atom stereocenters. The zero-order chi connectivity index (χ0) is 22.9. The lowest BCUT2D eigenvalue weighted by Gasteiger charge is -2.25. The third-order valence-electron chi connectivity index (χ3n) is 5.20. The number of carbonyl (C=O) groups is 1. The zero-order valence-corrected chi connectivity index (χ0v) is 17.8. The number of fused-ring (bicyclic) bond motifs is 1. The van der Waals surface area contributed by atoms with Gasteiger partial charge in [-0.05, 0) is 43.3 Å². The van der Waals surface area contributed by atoms with E-state index in [1.807, 2.05) is 24.3 Å². The molecule has 0 fully saturated rings. The third-order valence-corrected chi connectivity index (χ3v) is 7.21. The Kier molecular flexibility index (Phi) is 5.53. The van der Waals surface area contributed by atoms with Crippen LogP contribution in [0.15, 0.2) is 84.2 Å². The predicted octanol–water partition coefficient (Wildman–Crippen LogP) is 7.30. The van der Waals surface area contributed by atoms with Crippen LogP contribution in [0.2, 0.25) is 0 Å². The van der Waals surface area contributed by atoms with Crippen molar-refractivity contribution in [3.8, 4) is 17.2 Å². The van der Waals surface area contributed by atoms with E-state index in [0.29, 0.717) is 5.56 Å². The topological polar surface area (TPSA) is 26.3 Å². The van der Waals surface area contributed by atoms with Crippen LogP contribution >= 0.6 is 10.5 Å². The van der Waals surface area contributed by atoms with Gasteiger partial charge in [-0.15, -0.1) is 6.42 Å². The Balaban J connectivity index is 1.62. The number of terminal acetylenes is 1. The summed E-state index contributed by atoms with van der Waals surface area (Å²) >= 11 is 0. The first-order valence-electron chi connectivity index (χ1n) is 9.70. The Morgan fingerprint density at radius 2 is 1.62 bits per heavy atom. The van der Waals surface area contributed by atoms with Crippen LogP contribution in [0.5, 0.6) is 0 Å². The van der Waals surface area contributed by atoms with Crippen LogP contribution in [0.25, 0.3) is 15.0 Å². The number of hydrogen-bond acceptors (Lipinski definition) is 2. The number of ether oxygens (including phenoxy) is 1. The molecule has 0 saturated carbocycles. The molecule has 6 heteroatoms. The first kappa shape index (κ1) is 21.7. The lowest BCUT2D eigenvalue weighted by Crippen LogP contribution is -2.27. The summed E-state index contributed by atoms with van der Waals surface area (Å²) in [5.74, 6) is 1.76. The van der Waals surface area contributed by atoms with Crippen molar-refractivity contribution in [1.29, 1.82) is 0 Å². The Morgan fingerprint density at radius 1 is 0.938 bits per heavy atom. The van der Waals surface area contributed by atoms with Crippen LogP contribution < -0.4 is 0 Å². The first-order valence-corrected chi connectivity index (χ1v) is 11.0. The summed E-state index contributed by atoms with van der Waals surface area (Å²) < 4.78 is 45.4. The molecule has 0 bridgehead atoms. The fourth-order valence-corrected chi connectivity index (χ4v) is 5.33. The number of halogens is 3. The lowest BCUT2D eigenvalue weighted by atomic mass is 9.95. The van der Waals surface area contributed by atoms with E-state index in [1.54, 1.807) is 18.2 Å². The highest BCUT2D eigenvalue weighted by molar-refractivity contribution is 7.43. The minimum atomic E-state index is -4.46. The summed E-state index contributed by atoms with van der Waals surface area (Å²) in [4.78, 5) is 13.9. The van der Waals surface area contributed by atoms with E-state index >= 15 is 0 Å². The molecule has 4 rings (SSSR count). The van der Waals surface area contributed by atoms with Crippen molar-refractivity contribution in [2.24, 2.45) is 0 Å². The van der Waals surface area contributed by atoms with Gasteiger partial charge < -0.3 is 4.74 Å². The molecule has 0 N–H and O–H groups in total. The molecule has 0 saturated heterocycles. The minimum absolute atomic E-state index is 0.284. The largest absolute Gasteiger partial charge is 0.438 e. The van der Waals surface area contributed by atoms with Gasteiger partial charge in [-0.25, -0.2) is 4.79 Å². The maximum absolute atomic E-state index is 12.9. The summed E-state index contributed by atoms with van der Waals surface area (Å²) in [6, 6.07) is 21.5. The number of benzene rings is 3. The summed E-state index contributed by atoms with van der Waals surface area (Å²) in [6.07, 6.45) is 1.15. The van der Waals surface area contributed by atoms with Gasteiger partial charge in [0.25, 0.3) is 0 Å². The van der Waals surface area contributed by atoms with E-state index < -0.39 is 23.3 Å². The molecular weight excluding hydrogens is 433 g/mol. The monoisotopic (exact) mass is 451 g/mol. The summed E-state index contributed by atoms with van der Waals surface area (Å²) in [5, 5.41) is 3.24. The number of thiophene rings is 1. The molecule has 0 amide bonds. The maximum atomic E-state index is 12.9. The van der Waals surface area contributed by atoms with Crippen LogP contribution in [-0.2, 0) is 16.5 Å². The number of carbonyl (C=O) groups excluding carboxylic acids is 1. The second-order valence-electron chi connectivity index (χ2n) is 7.35. The quantitative estimate of drug-likeness (QED) is 0.185. The van der Waals surface area contributed by atoms with Crippen molar-refractivity contribution in [3.05, 3.63) is 101 Å². The fourth-order valence-electron chi connectivity index (χ4n) is 3.39. The van der Waals surface area contributed by atoms with Gasteiger partial charge in [0.15, 0.2) is 15.2 Å². The first-order chi connectivity index (χ1) is 15.2. The molecule has 0 radical (unpaired) electrons. The minimum Gasteiger partial charge on any atom is -0.438 e. The molecule has 4 aromatic rings. The van der Waals surface area contributed by atoms with Crippen molar-refractivity contribution in [1.82, 2.24) is 0 Å². The van der Waals surface area contributed by atoms with Gasteiger partial charge in [0.05, 0.1) is 11.1 Å². The lowest BCUT2D eigenvalue weighted by molar-refractivity contribution is -0.137. The Morgan fingerprint density at radius 3 is 2.31 bits per heavy atom. The van der Waals surface area contributed by atoms with Crippen molar-refractivity contribution >= 4 is 26.5 Å². The average Bonchev–Trinajstić information content (AvgIpc) is 3.23. The van der Waals surface area contributed by atoms with Crippen molar-refractivity contribution in [2.75, 3.05) is 0 Å². The molecule has 32 heavy (non-hydrogen) atoms. The number of alkyl halides is 3. The number of hydrogen-bond donors (Lipinski definition) is 0. The van der Waals surface area contributed by atoms with Crippen LogP contribution in [-0.4, -0.2) is 5.97 Å². The van der Waals surface area contributed by atoms with E-state index in [0.717, 1.165) is 22.4 Å². The second kappa shape index (κ2) is 8.18.